The molecule has 3 N–H and O–H groups in total. The van der Waals surface area contributed by atoms with Crippen LogP contribution in [-0.4, -0.2) is 43.2 Å². The summed E-state index contributed by atoms with van der Waals surface area (Å²) in [6, 6.07) is -0.282. The average molecular weight is 294 g/mol. The molecule has 1 unspecified atom stereocenters. The Labute approximate surface area is 122 Å². The van der Waals surface area contributed by atoms with Crippen molar-refractivity contribution < 1.29 is 9.53 Å². The Morgan fingerprint density at radius 2 is 2.35 bits per heavy atom. The van der Waals surface area contributed by atoms with Gasteiger partial charge in [-0.3, -0.25) is 4.79 Å². The number of rotatable bonds is 4. The van der Waals surface area contributed by atoms with E-state index in [-0.39, 0.29) is 17.8 Å². The molecule has 0 saturated carbocycles. The van der Waals surface area contributed by atoms with Crippen molar-refractivity contribution in [1.29, 1.82) is 0 Å². The molecule has 0 radical (unpaired) electrons. The number of morpholine rings is 1. The molecule has 1 aromatic heterocycles. The molecule has 0 bridgehead atoms. The van der Waals surface area contributed by atoms with E-state index in [1.54, 1.807) is 0 Å². The highest BCUT2D eigenvalue weighted by molar-refractivity contribution is 7.18. The molecule has 2 heterocycles. The van der Waals surface area contributed by atoms with Gasteiger partial charge in [0.1, 0.15) is 10.7 Å². The Balaban J connectivity index is 2.10. The summed E-state index contributed by atoms with van der Waals surface area (Å²) in [5, 5.41) is 3.52. The molecule has 6 nitrogen and oxygen atoms in total. The van der Waals surface area contributed by atoms with Crippen LogP contribution >= 0.6 is 11.3 Å². The molecule has 1 saturated heterocycles. The molecule has 2 rings (SSSR count). The van der Waals surface area contributed by atoms with Gasteiger partial charge in [0.05, 0.1) is 19.3 Å². The van der Waals surface area contributed by atoms with E-state index in [9.17, 15) is 4.79 Å². The van der Waals surface area contributed by atoms with Gasteiger partial charge in [0.25, 0.3) is 5.91 Å². The maximum absolute atomic E-state index is 12.1. The average Bonchev–Trinajstić information content (AvgIpc) is 2.87. The zero-order valence-electron chi connectivity index (χ0n) is 11.4. The maximum Gasteiger partial charge on any atom is 0.266 e. The van der Waals surface area contributed by atoms with Crippen LogP contribution in [-0.2, 0) is 4.74 Å². The van der Waals surface area contributed by atoms with Gasteiger partial charge in [-0.15, -0.1) is 6.42 Å². The first-order chi connectivity index (χ1) is 9.65. The summed E-state index contributed by atoms with van der Waals surface area (Å²) < 4.78 is 5.29. The van der Waals surface area contributed by atoms with Gasteiger partial charge < -0.3 is 20.7 Å². The molecular formula is C13H18N4O2S. The third kappa shape index (κ3) is 3.21. The number of hydrogen-bond acceptors (Lipinski definition) is 6. The SMILES string of the molecule is C#CC(CC)NC(=O)c1sc(N2CCOCC2)nc1N. The summed E-state index contributed by atoms with van der Waals surface area (Å²) in [5.74, 6) is 2.52. The Morgan fingerprint density at radius 1 is 1.65 bits per heavy atom. The summed E-state index contributed by atoms with van der Waals surface area (Å²) in [4.78, 5) is 18.9. The van der Waals surface area contributed by atoms with E-state index < -0.39 is 0 Å². The summed E-state index contributed by atoms with van der Waals surface area (Å²) in [6.45, 7) is 4.76. The number of aromatic nitrogens is 1. The number of nitrogen functional groups attached to an aromatic ring is 1. The summed E-state index contributed by atoms with van der Waals surface area (Å²) in [6.07, 6.45) is 6.02. The lowest BCUT2D eigenvalue weighted by molar-refractivity contribution is 0.0950. The number of ether oxygens (including phenoxy) is 1. The van der Waals surface area contributed by atoms with E-state index in [0.29, 0.717) is 24.5 Å². The molecule has 1 fully saturated rings. The van der Waals surface area contributed by atoms with Crippen LogP contribution in [0.5, 0.6) is 0 Å². The van der Waals surface area contributed by atoms with E-state index in [4.69, 9.17) is 16.9 Å². The van der Waals surface area contributed by atoms with Crippen LogP contribution in [0, 0.1) is 12.3 Å². The second-order valence-corrected chi connectivity index (χ2v) is 5.39. The first-order valence-electron chi connectivity index (χ1n) is 6.51. The van der Waals surface area contributed by atoms with Gasteiger partial charge in [-0.1, -0.05) is 24.2 Å². The van der Waals surface area contributed by atoms with E-state index in [0.717, 1.165) is 18.2 Å². The molecule has 1 aliphatic heterocycles. The van der Waals surface area contributed by atoms with E-state index in [2.05, 4.69) is 21.1 Å². The van der Waals surface area contributed by atoms with Crippen molar-refractivity contribution >= 4 is 28.2 Å². The third-order valence-corrected chi connectivity index (χ3v) is 4.18. The molecule has 108 valence electrons. The first kappa shape index (κ1) is 14.6. The van der Waals surface area contributed by atoms with Gasteiger partial charge in [0.2, 0.25) is 0 Å². The number of nitrogens with zero attached hydrogens (tertiary/aromatic N) is 2. The van der Waals surface area contributed by atoms with Crippen LogP contribution in [0.15, 0.2) is 0 Å². The smallest absolute Gasteiger partial charge is 0.266 e. The predicted octanol–water partition coefficient (Wildman–Crippen LogP) is 0.704. The minimum absolute atomic E-state index is 0.251. The maximum atomic E-state index is 12.1. The quantitative estimate of drug-likeness (QED) is 0.799. The van der Waals surface area contributed by atoms with Gasteiger partial charge in [0.15, 0.2) is 5.13 Å². The number of nitrogens with two attached hydrogens (primary N) is 1. The lowest BCUT2D eigenvalue weighted by Crippen LogP contribution is -2.36. The van der Waals surface area contributed by atoms with Gasteiger partial charge in [0, 0.05) is 13.1 Å². The Bertz CT molecular complexity index is 517. The van der Waals surface area contributed by atoms with Crippen molar-refractivity contribution in [2.75, 3.05) is 36.9 Å². The van der Waals surface area contributed by atoms with Gasteiger partial charge in [-0.2, -0.15) is 0 Å². The number of terminal acetylenes is 1. The lowest BCUT2D eigenvalue weighted by atomic mass is 10.2. The van der Waals surface area contributed by atoms with Crippen molar-refractivity contribution in [1.82, 2.24) is 10.3 Å². The molecule has 1 aromatic rings. The van der Waals surface area contributed by atoms with Crippen LogP contribution in [0.1, 0.15) is 23.0 Å². The van der Waals surface area contributed by atoms with Gasteiger partial charge >= 0.3 is 0 Å². The fraction of sp³-hybridized carbons (Fsp3) is 0.538. The second kappa shape index (κ2) is 6.59. The van der Waals surface area contributed by atoms with Crippen LogP contribution in [0.3, 0.4) is 0 Å². The van der Waals surface area contributed by atoms with Crippen molar-refractivity contribution in [3.05, 3.63) is 4.88 Å². The minimum atomic E-state index is -0.282. The van der Waals surface area contributed by atoms with Gasteiger partial charge in [-0.25, -0.2) is 4.98 Å². The zero-order chi connectivity index (χ0) is 14.5. The molecular weight excluding hydrogens is 276 g/mol. The summed E-state index contributed by atoms with van der Waals surface area (Å²) in [7, 11) is 0. The Hall–Kier alpha value is -1.78. The topological polar surface area (TPSA) is 80.5 Å². The van der Waals surface area contributed by atoms with Crippen molar-refractivity contribution in [3.63, 3.8) is 0 Å². The Kier molecular flexibility index (Phi) is 4.82. The molecule has 7 heteroatoms. The number of carbonyl (C=O) groups is 1. The monoisotopic (exact) mass is 294 g/mol. The number of amides is 1. The first-order valence-corrected chi connectivity index (χ1v) is 7.33. The summed E-state index contributed by atoms with van der Waals surface area (Å²) in [5.41, 5.74) is 5.84. The molecule has 1 aliphatic rings. The third-order valence-electron chi connectivity index (χ3n) is 3.04. The van der Waals surface area contributed by atoms with Crippen LogP contribution in [0.4, 0.5) is 10.9 Å². The number of thiazole rings is 1. The van der Waals surface area contributed by atoms with E-state index >= 15 is 0 Å². The van der Waals surface area contributed by atoms with Crippen LogP contribution in [0.25, 0.3) is 0 Å². The molecule has 0 aromatic carbocycles. The highest BCUT2D eigenvalue weighted by Crippen LogP contribution is 2.28. The van der Waals surface area contributed by atoms with Crippen molar-refractivity contribution in [3.8, 4) is 12.3 Å². The largest absolute Gasteiger partial charge is 0.382 e. The highest BCUT2D eigenvalue weighted by Gasteiger charge is 2.22. The van der Waals surface area contributed by atoms with Crippen LogP contribution < -0.4 is 16.0 Å². The molecule has 20 heavy (non-hydrogen) atoms. The van der Waals surface area contributed by atoms with E-state index in [1.165, 1.54) is 11.3 Å². The zero-order valence-corrected chi connectivity index (χ0v) is 12.2. The number of nitrogens with one attached hydrogen (secondary N) is 1. The second-order valence-electron chi connectivity index (χ2n) is 4.41. The highest BCUT2D eigenvalue weighted by atomic mass is 32.1. The van der Waals surface area contributed by atoms with Gasteiger partial charge in [-0.05, 0) is 6.42 Å². The number of carbonyl (C=O) groups excluding carboxylic acids is 1. The lowest BCUT2D eigenvalue weighted by Gasteiger charge is -2.25. The van der Waals surface area contributed by atoms with Crippen molar-refractivity contribution in [2.45, 2.75) is 19.4 Å². The molecule has 0 aliphatic carbocycles. The molecule has 0 spiro atoms. The number of hydrogen-bond donors (Lipinski definition) is 2. The van der Waals surface area contributed by atoms with Crippen LogP contribution in [0.2, 0.25) is 0 Å². The minimum Gasteiger partial charge on any atom is -0.382 e. The summed E-state index contributed by atoms with van der Waals surface area (Å²) >= 11 is 1.29. The fourth-order valence-electron chi connectivity index (χ4n) is 1.86. The standard InChI is InChI=1S/C13H18N4O2S/c1-3-9(4-2)15-12(18)10-11(14)16-13(20-10)17-5-7-19-8-6-17/h1,9H,4-8,14H2,2H3,(H,15,18). The fourth-order valence-corrected chi connectivity index (χ4v) is 2.80. The normalized spacial score (nSPS) is 16.5. The molecule has 1 amide bonds. The predicted molar refractivity (Wildman–Crippen MR) is 79.9 cm³/mol. The Morgan fingerprint density at radius 3 is 2.95 bits per heavy atom. The number of anilines is 2. The molecule has 1 atom stereocenters. The van der Waals surface area contributed by atoms with Crippen molar-refractivity contribution in [2.24, 2.45) is 0 Å². The van der Waals surface area contributed by atoms with E-state index in [1.807, 2.05) is 6.92 Å².